The van der Waals surface area contributed by atoms with Crippen LogP contribution in [0.5, 0.6) is 0 Å². The molecule has 3 nitrogen and oxygen atoms in total. The van der Waals surface area contributed by atoms with Crippen LogP contribution in [0.4, 0.5) is 0 Å². The van der Waals surface area contributed by atoms with E-state index >= 15 is 0 Å². The maximum atomic E-state index is 11.0. The highest BCUT2D eigenvalue weighted by atomic mass is 79.9. The van der Waals surface area contributed by atoms with Crippen LogP contribution in [-0.4, -0.2) is 10.9 Å². The molecule has 2 heterocycles. The molecule has 0 spiro atoms. The van der Waals surface area contributed by atoms with E-state index in [9.17, 15) is 4.79 Å². The van der Waals surface area contributed by atoms with Gasteiger partial charge in [0.25, 0.3) is 0 Å². The van der Waals surface area contributed by atoms with Crippen molar-refractivity contribution in [2.45, 2.75) is 13.0 Å². The van der Waals surface area contributed by atoms with E-state index < -0.39 is 0 Å². The predicted molar refractivity (Wildman–Crippen MR) is 47.5 cm³/mol. The van der Waals surface area contributed by atoms with Crippen molar-refractivity contribution in [1.82, 2.24) is 10.3 Å². The fourth-order valence-corrected chi connectivity index (χ4v) is 1.79. The highest BCUT2D eigenvalue weighted by molar-refractivity contribution is 9.10. The van der Waals surface area contributed by atoms with E-state index in [0.29, 0.717) is 13.0 Å². The van der Waals surface area contributed by atoms with Crippen molar-refractivity contribution in [1.29, 1.82) is 0 Å². The van der Waals surface area contributed by atoms with Gasteiger partial charge in [-0.3, -0.25) is 4.79 Å². The molecule has 2 rings (SSSR count). The van der Waals surface area contributed by atoms with Crippen molar-refractivity contribution in [2.24, 2.45) is 0 Å². The molecule has 4 heteroatoms. The van der Waals surface area contributed by atoms with Gasteiger partial charge < -0.3 is 5.32 Å². The zero-order valence-corrected chi connectivity index (χ0v) is 7.89. The molecule has 1 aromatic rings. The Morgan fingerprint density at radius 2 is 2.42 bits per heavy atom. The second-order valence-electron chi connectivity index (χ2n) is 2.69. The summed E-state index contributed by atoms with van der Waals surface area (Å²) >= 11 is 3.34. The number of aromatic nitrogens is 1. The van der Waals surface area contributed by atoms with Gasteiger partial charge in [-0.05, 0) is 27.6 Å². The van der Waals surface area contributed by atoms with E-state index in [1.54, 1.807) is 6.20 Å². The van der Waals surface area contributed by atoms with Gasteiger partial charge in [-0.15, -0.1) is 0 Å². The molecule has 1 amide bonds. The SMILES string of the molecule is O=C1Cc2ccnc(Br)c2CN1. The standard InChI is InChI=1S/C8H7BrN2O/c9-8-6-4-11-7(12)3-5(6)1-2-10-8/h1-2H,3-4H2,(H,11,12). The van der Waals surface area contributed by atoms with E-state index in [4.69, 9.17) is 0 Å². The number of carbonyl (C=O) groups excluding carboxylic acids is 1. The number of amides is 1. The Balaban J connectivity index is 2.48. The number of fused-ring (bicyclic) bond motifs is 1. The van der Waals surface area contributed by atoms with Gasteiger partial charge in [0.2, 0.25) is 5.91 Å². The second-order valence-corrected chi connectivity index (χ2v) is 3.44. The molecule has 0 fully saturated rings. The summed E-state index contributed by atoms with van der Waals surface area (Å²) in [6.45, 7) is 0.586. The van der Waals surface area contributed by atoms with Crippen LogP contribution in [0, 0.1) is 0 Å². The fraction of sp³-hybridized carbons (Fsp3) is 0.250. The Hall–Kier alpha value is -0.900. The minimum Gasteiger partial charge on any atom is -0.352 e. The van der Waals surface area contributed by atoms with Crippen LogP contribution in [0.25, 0.3) is 0 Å². The van der Waals surface area contributed by atoms with E-state index in [1.165, 1.54) is 0 Å². The quantitative estimate of drug-likeness (QED) is 0.672. The normalized spacial score (nSPS) is 15.2. The molecular weight excluding hydrogens is 220 g/mol. The van der Waals surface area contributed by atoms with Gasteiger partial charge in [0.15, 0.2) is 0 Å². The zero-order valence-electron chi connectivity index (χ0n) is 6.30. The minimum absolute atomic E-state index is 0.0839. The number of hydrogen-bond acceptors (Lipinski definition) is 2. The highest BCUT2D eigenvalue weighted by Gasteiger charge is 2.16. The van der Waals surface area contributed by atoms with Gasteiger partial charge in [0.05, 0.1) is 6.42 Å². The lowest BCUT2D eigenvalue weighted by molar-refractivity contribution is -0.121. The molecule has 0 aromatic carbocycles. The van der Waals surface area contributed by atoms with Crippen LogP contribution >= 0.6 is 15.9 Å². The third-order valence-corrected chi connectivity index (χ3v) is 2.60. The van der Waals surface area contributed by atoms with Crippen LogP contribution in [0.3, 0.4) is 0 Å². The fourth-order valence-electron chi connectivity index (χ4n) is 1.28. The number of nitrogens with one attached hydrogen (secondary N) is 1. The van der Waals surface area contributed by atoms with Crippen molar-refractivity contribution in [3.05, 3.63) is 28.0 Å². The number of nitrogens with zero attached hydrogens (tertiary/aromatic N) is 1. The third kappa shape index (κ3) is 1.22. The monoisotopic (exact) mass is 226 g/mol. The van der Waals surface area contributed by atoms with Crippen molar-refractivity contribution in [2.75, 3.05) is 0 Å². The molecule has 12 heavy (non-hydrogen) atoms. The molecule has 0 atom stereocenters. The van der Waals surface area contributed by atoms with E-state index in [-0.39, 0.29) is 5.91 Å². The number of carbonyl (C=O) groups is 1. The Kier molecular flexibility index (Phi) is 1.84. The summed E-state index contributed by atoms with van der Waals surface area (Å²) in [6.07, 6.45) is 2.18. The van der Waals surface area contributed by atoms with E-state index in [2.05, 4.69) is 26.2 Å². The maximum absolute atomic E-state index is 11.0. The first kappa shape index (κ1) is 7.73. The molecule has 1 aliphatic rings. The molecule has 0 aliphatic carbocycles. The van der Waals surface area contributed by atoms with Crippen molar-refractivity contribution >= 4 is 21.8 Å². The first-order valence-corrected chi connectivity index (χ1v) is 4.45. The summed E-state index contributed by atoms with van der Waals surface area (Å²) in [5.74, 6) is 0.0839. The molecule has 1 aliphatic heterocycles. The minimum atomic E-state index is 0.0839. The molecule has 0 radical (unpaired) electrons. The first-order valence-electron chi connectivity index (χ1n) is 3.66. The Morgan fingerprint density at radius 1 is 1.58 bits per heavy atom. The summed E-state index contributed by atoms with van der Waals surface area (Å²) in [5, 5.41) is 2.77. The largest absolute Gasteiger partial charge is 0.352 e. The van der Waals surface area contributed by atoms with Gasteiger partial charge in [-0.1, -0.05) is 0 Å². The number of hydrogen-bond donors (Lipinski definition) is 1. The summed E-state index contributed by atoms with van der Waals surface area (Å²) in [4.78, 5) is 15.1. The molecule has 0 unspecified atom stereocenters. The Bertz CT molecular complexity index is 338. The van der Waals surface area contributed by atoms with Gasteiger partial charge in [0, 0.05) is 18.3 Å². The molecule has 1 N–H and O–H groups in total. The second kappa shape index (κ2) is 2.86. The average Bonchev–Trinajstić information content (AvgIpc) is 2.04. The number of rotatable bonds is 0. The molecule has 1 aromatic heterocycles. The van der Waals surface area contributed by atoms with Gasteiger partial charge in [0.1, 0.15) is 4.60 Å². The Morgan fingerprint density at radius 3 is 3.25 bits per heavy atom. The van der Waals surface area contributed by atoms with Crippen molar-refractivity contribution in [3.63, 3.8) is 0 Å². The van der Waals surface area contributed by atoms with Crippen LogP contribution < -0.4 is 5.32 Å². The number of pyridine rings is 1. The van der Waals surface area contributed by atoms with Gasteiger partial charge in [-0.2, -0.15) is 0 Å². The molecule has 0 saturated heterocycles. The highest BCUT2D eigenvalue weighted by Crippen LogP contribution is 2.20. The van der Waals surface area contributed by atoms with Gasteiger partial charge >= 0.3 is 0 Å². The molecule has 0 bridgehead atoms. The zero-order chi connectivity index (χ0) is 8.55. The summed E-state index contributed by atoms with van der Waals surface area (Å²) in [7, 11) is 0. The predicted octanol–water partition coefficient (Wildman–Crippen LogP) is 1.02. The summed E-state index contributed by atoms with van der Waals surface area (Å²) in [5.41, 5.74) is 2.16. The van der Waals surface area contributed by atoms with Crippen LogP contribution in [0.2, 0.25) is 0 Å². The first-order chi connectivity index (χ1) is 5.77. The number of halogens is 1. The lowest BCUT2D eigenvalue weighted by Gasteiger charge is -2.16. The molecular formula is C8H7BrN2O. The van der Waals surface area contributed by atoms with Crippen molar-refractivity contribution < 1.29 is 4.79 Å². The van der Waals surface area contributed by atoms with Crippen LogP contribution in [-0.2, 0) is 17.8 Å². The topological polar surface area (TPSA) is 42.0 Å². The summed E-state index contributed by atoms with van der Waals surface area (Å²) < 4.78 is 0.833. The lowest BCUT2D eigenvalue weighted by atomic mass is 10.0. The lowest BCUT2D eigenvalue weighted by Crippen LogP contribution is -2.30. The van der Waals surface area contributed by atoms with Crippen LogP contribution in [0.1, 0.15) is 11.1 Å². The maximum Gasteiger partial charge on any atom is 0.224 e. The average molecular weight is 227 g/mol. The molecule has 0 saturated carbocycles. The summed E-state index contributed by atoms with van der Waals surface area (Å²) in [6, 6.07) is 1.89. The van der Waals surface area contributed by atoms with E-state index in [0.717, 1.165) is 15.7 Å². The van der Waals surface area contributed by atoms with Crippen LogP contribution in [0.15, 0.2) is 16.9 Å². The van der Waals surface area contributed by atoms with E-state index in [1.807, 2.05) is 6.07 Å². The third-order valence-electron chi connectivity index (χ3n) is 1.91. The van der Waals surface area contributed by atoms with Gasteiger partial charge in [-0.25, -0.2) is 4.98 Å². The molecule has 62 valence electrons. The van der Waals surface area contributed by atoms with Crippen molar-refractivity contribution in [3.8, 4) is 0 Å². The smallest absolute Gasteiger partial charge is 0.224 e. The Labute approximate surface area is 78.3 Å².